The van der Waals surface area contributed by atoms with E-state index in [1.54, 1.807) is 0 Å². The fourth-order valence-corrected chi connectivity index (χ4v) is 4.23. The Labute approximate surface area is 176 Å². The van der Waals surface area contributed by atoms with Crippen LogP contribution in [-0.2, 0) is 21.2 Å². The van der Waals surface area contributed by atoms with Crippen molar-refractivity contribution in [3.63, 3.8) is 0 Å². The molecule has 3 rings (SSSR count). The van der Waals surface area contributed by atoms with Crippen molar-refractivity contribution < 1.29 is 36.6 Å². The summed E-state index contributed by atoms with van der Waals surface area (Å²) in [6.45, 7) is -3.47. The maximum Gasteiger partial charge on any atom is 0.387 e. The van der Waals surface area contributed by atoms with Gasteiger partial charge in [0.2, 0.25) is 0 Å². The average Bonchev–Trinajstić information content (AvgIpc) is 2.71. The molecule has 0 heterocycles. The third-order valence-electron chi connectivity index (χ3n) is 4.44. The number of carbonyl (C=O) groups excluding carboxylic acids is 1. The molecule has 0 fully saturated rings. The van der Waals surface area contributed by atoms with Gasteiger partial charge in [0, 0.05) is 11.3 Å². The minimum atomic E-state index is -3.88. The van der Waals surface area contributed by atoms with Crippen molar-refractivity contribution in [2.24, 2.45) is 0 Å². The van der Waals surface area contributed by atoms with Crippen molar-refractivity contribution in [1.82, 2.24) is 5.32 Å². The summed E-state index contributed by atoms with van der Waals surface area (Å²) in [7, 11) is -3.88. The van der Waals surface area contributed by atoms with Crippen molar-refractivity contribution in [2.75, 3.05) is 11.3 Å². The van der Waals surface area contributed by atoms with E-state index in [4.69, 9.17) is 5.11 Å². The zero-order chi connectivity index (χ0) is 22.6. The van der Waals surface area contributed by atoms with Gasteiger partial charge in [-0.2, -0.15) is 8.78 Å². The lowest BCUT2D eigenvalue weighted by molar-refractivity contribution is -0.135. The predicted molar refractivity (Wildman–Crippen MR) is 108 cm³/mol. The van der Waals surface area contributed by atoms with Gasteiger partial charge in [-0.15, -0.1) is 0 Å². The first-order valence-electron chi connectivity index (χ1n) is 9.05. The number of aryl methyl sites for hydroxylation is 1. The first-order chi connectivity index (χ1) is 14.6. The molecule has 1 amide bonds. The van der Waals surface area contributed by atoms with Crippen LogP contribution in [0.3, 0.4) is 0 Å². The summed E-state index contributed by atoms with van der Waals surface area (Å²) in [6.07, 6.45) is 1.99. The van der Waals surface area contributed by atoms with E-state index in [-0.39, 0.29) is 28.3 Å². The van der Waals surface area contributed by atoms with Gasteiger partial charge >= 0.3 is 12.6 Å². The van der Waals surface area contributed by atoms with Crippen LogP contribution in [0.1, 0.15) is 27.9 Å². The molecule has 0 saturated heterocycles. The zero-order valence-electron chi connectivity index (χ0n) is 16.0. The van der Waals surface area contributed by atoms with Gasteiger partial charge in [-0.3, -0.25) is 14.3 Å². The number of rotatable bonds is 8. The van der Waals surface area contributed by atoms with E-state index in [0.717, 1.165) is 0 Å². The number of carbonyl (C=O) groups is 2. The number of hydrogen-bond donors (Lipinski definition) is 3. The molecule has 0 aliphatic heterocycles. The van der Waals surface area contributed by atoms with Gasteiger partial charge < -0.3 is 15.2 Å². The number of hydrogen-bond acceptors (Lipinski definition) is 5. The van der Waals surface area contributed by atoms with Crippen LogP contribution in [-0.4, -0.2) is 38.6 Å². The SMILES string of the molecule is O=C(O)CNC(=O)c1ccc(NS(=O)(=O)C2=Cc3ccc(OC(F)F)cc3CC2)cc1. The second-order valence-electron chi connectivity index (χ2n) is 6.61. The number of ether oxygens (including phenoxy) is 1. The number of halogens is 2. The number of allylic oxidation sites excluding steroid dienone is 1. The minimum Gasteiger partial charge on any atom is -0.480 e. The first kappa shape index (κ1) is 22.2. The Morgan fingerprint density at radius 1 is 1.10 bits per heavy atom. The molecule has 164 valence electrons. The number of anilines is 1. The van der Waals surface area contributed by atoms with E-state index in [1.165, 1.54) is 48.5 Å². The molecule has 0 unspecified atom stereocenters. The van der Waals surface area contributed by atoms with Gasteiger partial charge in [0.25, 0.3) is 15.9 Å². The molecule has 0 atom stereocenters. The number of alkyl halides is 2. The van der Waals surface area contributed by atoms with E-state index in [2.05, 4.69) is 14.8 Å². The second kappa shape index (κ2) is 9.13. The summed E-state index contributed by atoms with van der Waals surface area (Å²) >= 11 is 0. The molecule has 2 aromatic carbocycles. The van der Waals surface area contributed by atoms with Crippen LogP contribution in [0.25, 0.3) is 6.08 Å². The standard InChI is InChI=1S/C20H18F2N2O6S/c21-20(22)30-16-7-3-14-10-17(8-4-13(14)9-16)31(28,29)24-15-5-1-12(2-6-15)19(27)23-11-18(25)26/h1-3,5-7,9-10,20,24H,4,8,11H2,(H,23,27)(H,25,26). The number of nitrogens with one attached hydrogen (secondary N) is 2. The highest BCUT2D eigenvalue weighted by Crippen LogP contribution is 2.31. The quantitative estimate of drug-likeness (QED) is 0.566. The van der Waals surface area contributed by atoms with E-state index in [1.807, 2.05) is 0 Å². The lowest BCUT2D eigenvalue weighted by Crippen LogP contribution is -2.29. The van der Waals surface area contributed by atoms with Gasteiger partial charge in [-0.1, -0.05) is 6.07 Å². The third-order valence-corrected chi connectivity index (χ3v) is 5.96. The molecule has 1 aliphatic rings. The Balaban J connectivity index is 1.71. The summed E-state index contributed by atoms with van der Waals surface area (Å²) < 4.78 is 56.9. The second-order valence-corrected chi connectivity index (χ2v) is 8.34. The lowest BCUT2D eigenvalue weighted by atomic mass is 9.97. The average molecular weight is 452 g/mol. The smallest absolute Gasteiger partial charge is 0.387 e. The van der Waals surface area contributed by atoms with E-state index < -0.39 is 35.1 Å². The number of carboxylic acids is 1. The van der Waals surface area contributed by atoms with Crippen molar-refractivity contribution in [3.8, 4) is 5.75 Å². The van der Waals surface area contributed by atoms with Gasteiger partial charge in [0.15, 0.2) is 0 Å². The molecule has 2 aromatic rings. The third kappa shape index (κ3) is 5.79. The molecule has 11 heteroatoms. The van der Waals surface area contributed by atoms with Crippen LogP contribution in [0.15, 0.2) is 47.4 Å². The predicted octanol–water partition coefficient (Wildman–Crippen LogP) is 2.83. The van der Waals surface area contributed by atoms with Gasteiger partial charge in [-0.25, -0.2) is 8.42 Å². The topological polar surface area (TPSA) is 122 Å². The Kier molecular flexibility index (Phi) is 6.54. The first-order valence-corrected chi connectivity index (χ1v) is 10.5. The Morgan fingerprint density at radius 2 is 1.81 bits per heavy atom. The van der Waals surface area contributed by atoms with Crippen LogP contribution in [0.2, 0.25) is 0 Å². The van der Waals surface area contributed by atoms with E-state index >= 15 is 0 Å². The fraction of sp³-hybridized carbons (Fsp3) is 0.200. The van der Waals surface area contributed by atoms with Crippen molar-refractivity contribution in [2.45, 2.75) is 19.5 Å². The molecule has 8 nitrogen and oxygen atoms in total. The zero-order valence-corrected chi connectivity index (χ0v) is 16.8. The Morgan fingerprint density at radius 3 is 2.45 bits per heavy atom. The number of carboxylic acid groups (broad SMARTS) is 1. The molecule has 0 saturated carbocycles. The summed E-state index contributed by atoms with van der Waals surface area (Å²) in [5.74, 6) is -1.77. The lowest BCUT2D eigenvalue weighted by Gasteiger charge is -2.18. The van der Waals surface area contributed by atoms with Crippen LogP contribution in [0.4, 0.5) is 14.5 Å². The molecule has 0 radical (unpaired) electrons. The summed E-state index contributed by atoms with van der Waals surface area (Å²) in [4.78, 5) is 22.4. The van der Waals surface area contributed by atoms with Crippen molar-refractivity contribution in [3.05, 3.63) is 64.1 Å². The summed E-state index contributed by atoms with van der Waals surface area (Å²) in [5, 5.41) is 10.8. The highest BCUT2D eigenvalue weighted by Gasteiger charge is 2.22. The van der Waals surface area contributed by atoms with Crippen molar-refractivity contribution in [1.29, 1.82) is 0 Å². The molecule has 1 aliphatic carbocycles. The molecule has 0 aromatic heterocycles. The molecule has 0 bridgehead atoms. The number of benzene rings is 2. The number of sulfonamides is 1. The highest BCUT2D eigenvalue weighted by atomic mass is 32.2. The summed E-state index contributed by atoms with van der Waals surface area (Å²) in [5.41, 5.74) is 1.70. The molecule has 3 N–H and O–H groups in total. The number of aliphatic carboxylic acids is 1. The monoisotopic (exact) mass is 452 g/mol. The van der Waals surface area contributed by atoms with Crippen LogP contribution >= 0.6 is 0 Å². The van der Waals surface area contributed by atoms with Crippen LogP contribution < -0.4 is 14.8 Å². The number of amides is 1. The Bertz CT molecular complexity index is 1130. The number of fused-ring (bicyclic) bond motifs is 1. The van der Waals surface area contributed by atoms with Gasteiger partial charge in [0.1, 0.15) is 12.3 Å². The molecular formula is C20H18F2N2O6S. The van der Waals surface area contributed by atoms with Gasteiger partial charge in [0.05, 0.1) is 4.91 Å². The molecule has 0 spiro atoms. The van der Waals surface area contributed by atoms with E-state index in [0.29, 0.717) is 17.5 Å². The molecule has 31 heavy (non-hydrogen) atoms. The Hall–Kier alpha value is -3.47. The maximum atomic E-state index is 12.7. The van der Waals surface area contributed by atoms with Crippen LogP contribution in [0.5, 0.6) is 5.75 Å². The van der Waals surface area contributed by atoms with E-state index in [9.17, 15) is 26.8 Å². The van der Waals surface area contributed by atoms with Crippen molar-refractivity contribution >= 4 is 33.7 Å². The highest BCUT2D eigenvalue weighted by molar-refractivity contribution is 7.96. The molecular weight excluding hydrogens is 434 g/mol. The minimum absolute atomic E-state index is 0.0130. The van der Waals surface area contributed by atoms with Gasteiger partial charge in [-0.05, 0) is 66.4 Å². The normalized spacial score (nSPS) is 13.2. The largest absolute Gasteiger partial charge is 0.480 e. The maximum absolute atomic E-state index is 12.7. The summed E-state index contributed by atoms with van der Waals surface area (Å²) in [6, 6.07) is 9.83. The van der Waals surface area contributed by atoms with Crippen LogP contribution in [0, 0.1) is 0 Å². The fourth-order valence-electron chi connectivity index (χ4n) is 3.00.